The van der Waals surface area contributed by atoms with E-state index in [0.29, 0.717) is 38.4 Å². The molecular formula is C25H28N6O4S. The van der Waals surface area contributed by atoms with Crippen molar-refractivity contribution in [2.24, 2.45) is 0 Å². The molecule has 0 radical (unpaired) electrons. The number of nitrogens with one attached hydrogen (secondary N) is 1. The topological polar surface area (TPSA) is 134 Å². The van der Waals surface area contributed by atoms with Gasteiger partial charge in [-0.15, -0.1) is 21.5 Å². The number of ether oxygens (including phenoxy) is 1. The maximum absolute atomic E-state index is 12.2. The zero-order chi connectivity index (χ0) is 25.7. The second kappa shape index (κ2) is 10.9. The van der Waals surface area contributed by atoms with Crippen molar-refractivity contribution in [2.75, 3.05) is 19.7 Å². The van der Waals surface area contributed by atoms with Gasteiger partial charge in [0.05, 0.1) is 29.3 Å². The van der Waals surface area contributed by atoms with E-state index in [4.69, 9.17) is 9.15 Å². The third-order valence-corrected chi connectivity index (χ3v) is 7.05. The van der Waals surface area contributed by atoms with E-state index in [9.17, 15) is 14.9 Å². The first-order valence-corrected chi connectivity index (χ1v) is 12.7. The highest BCUT2D eigenvalue weighted by atomic mass is 32.1. The minimum absolute atomic E-state index is 0.0871. The first-order chi connectivity index (χ1) is 17.3. The van der Waals surface area contributed by atoms with Crippen molar-refractivity contribution in [1.29, 1.82) is 5.26 Å². The smallest absolute Gasteiger partial charge is 0.410 e. The zero-order valence-electron chi connectivity index (χ0n) is 20.5. The molecule has 0 fully saturated rings. The van der Waals surface area contributed by atoms with Crippen LogP contribution in [0.15, 0.2) is 28.7 Å². The van der Waals surface area contributed by atoms with Gasteiger partial charge in [-0.1, -0.05) is 19.1 Å². The molecule has 36 heavy (non-hydrogen) atoms. The molecule has 2 aromatic heterocycles. The fraction of sp³-hybridized carbons (Fsp3) is 0.440. The monoisotopic (exact) mass is 508 g/mol. The van der Waals surface area contributed by atoms with E-state index in [1.54, 1.807) is 30.1 Å². The maximum atomic E-state index is 12.2. The molecule has 1 unspecified atom stereocenters. The first kappa shape index (κ1) is 25.3. The Balaban J connectivity index is 1.40. The quantitative estimate of drug-likeness (QED) is 0.485. The van der Waals surface area contributed by atoms with Gasteiger partial charge in [0, 0.05) is 13.1 Å². The van der Waals surface area contributed by atoms with Crippen LogP contribution < -0.4 is 5.32 Å². The number of hydrogen-bond donors (Lipinski definition) is 1. The van der Waals surface area contributed by atoms with E-state index in [0.717, 1.165) is 27.2 Å². The lowest BCUT2D eigenvalue weighted by atomic mass is 9.99. The minimum atomic E-state index is -0.923. The van der Waals surface area contributed by atoms with Crippen molar-refractivity contribution < 1.29 is 18.7 Å². The van der Waals surface area contributed by atoms with E-state index in [2.05, 4.69) is 38.7 Å². The Morgan fingerprint density at radius 3 is 2.81 bits per heavy atom. The van der Waals surface area contributed by atoms with Crippen LogP contribution in [-0.4, -0.2) is 57.3 Å². The molecule has 1 aromatic carbocycles. The molecule has 1 aliphatic rings. The number of nitriles is 1. The highest BCUT2D eigenvalue weighted by Gasteiger charge is 2.25. The van der Waals surface area contributed by atoms with Crippen LogP contribution in [0.2, 0.25) is 0 Å². The second-order valence-electron chi connectivity index (χ2n) is 8.70. The Morgan fingerprint density at radius 1 is 1.31 bits per heavy atom. The normalized spacial score (nSPS) is 15.2. The molecule has 1 aliphatic heterocycles. The summed E-state index contributed by atoms with van der Waals surface area (Å²) in [5.41, 5.74) is 2.28. The fourth-order valence-electron chi connectivity index (χ4n) is 3.80. The lowest BCUT2D eigenvalue weighted by molar-refractivity contribution is -0.122. The Labute approximate surface area is 213 Å². The molecular weight excluding hydrogens is 480 g/mol. The van der Waals surface area contributed by atoms with Gasteiger partial charge >= 0.3 is 6.09 Å². The molecule has 1 atom stereocenters. The number of carbonyl (C=O) groups excluding carboxylic acids is 2. The first-order valence-electron chi connectivity index (χ1n) is 11.9. The summed E-state index contributed by atoms with van der Waals surface area (Å²) in [6.45, 7) is 6.84. The van der Waals surface area contributed by atoms with Crippen LogP contribution >= 0.6 is 11.3 Å². The second-order valence-corrected chi connectivity index (χ2v) is 9.82. The molecule has 0 saturated heterocycles. The molecule has 2 amide bonds. The SMILES string of the molecule is CCOC(=O)N1CC=C(c2ccc3nc(Cc4nnc(CC(=O)NC(C)(C#N)CC)o4)sc3c2)CC1. The Hall–Kier alpha value is -3.78. The maximum Gasteiger partial charge on any atom is 0.410 e. The summed E-state index contributed by atoms with van der Waals surface area (Å²) >= 11 is 1.55. The zero-order valence-corrected chi connectivity index (χ0v) is 21.4. The Bertz CT molecular complexity index is 1340. The predicted molar refractivity (Wildman–Crippen MR) is 134 cm³/mol. The van der Waals surface area contributed by atoms with E-state index in [1.165, 1.54) is 5.57 Å². The average molecular weight is 509 g/mol. The number of amides is 2. The number of fused-ring (bicyclic) bond motifs is 1. The standard InChI is InChI=1S/C25H28N6O4S/c1-4-25(3,15-26)28-20(32)13-21-29-30-22(35-21)14-23-27-18-7-6-17(12-19(18)36-23)16-8-10-31(11-9-16)24(33)34-5-2/h6-8,12H,4-5,9-11,13-14H2,1-3H3,(H,28,32). The molecule has 1 N–H and O–H groups in total. The molecule has 0 aliphatic carbocycles. The van der Waals surface area contributed by atoms with Gasteiger partial charge in [0.1, 0.15) is 17.0 Å². The molecule has 3 heterocycles. The number of aromatic nitrogens is 3. The van der Waals surface area contributed by atoms with Crippen LogP contribution in [0.4, 0.5) is 4.79 Å². The van der Waals surface area contributed by atoms with E-state index in [-0.39, 0.29) is 24.3 Å². The van der Waals surface area contributed by atoms with E-state index < -0.39 is 5.54 Å². The Kier molecular flexibility index (Phi) is 7.64. The van der Waals surface area contributed by atoms with Crippen molar-refractivity contribution in [3.63, 3.8) is 0 Å². The lowest BCUT2D eigenvalue weighted by Gasteiger charge is -2.25. The van der Waals surface area contributed by atoms with Crippen molar-refractivity contribution in [2.45, 2.75) is 52.0 Å². The summed E-state index contributed by atoms with van der Waals surface area (Å²) < 4.78 is 11.8. The van der Waals surface area contributed by atoms with Gasteiger partial charge in [0.15, 0.2) is 0 Å². The van der Waals surface area contributed by atoms with Gasteiger partial charge in [-0.2, -0.15) is 5.26 Å². The molecule has 188 valence electrons. The van der Waals surface area contributed by atoms with Crippen LogP contribution in [-0.2, 0) is 22.4 Å². The molecule has 0 spiro atoms. The molecule has 3 aromatic rings. The summed E-state index contributed by atoms with van der Waals surface area (Å²) in [7, 11) is 0. The van der Waals surface area contributed by atoms with Gasteiger partial charge in [-0.25, -0.2) is 9.78 Å². The largest absolute Gasteiger partial charge is 0.450 e. The highest BCUT2D eigenvalue weighted by Crippen LogP contribution is 2.30. The lowest BCUT2D eigenvalue weighted by Crippen LogP contribution is -2.44. The number of rotatable bonds is 8. The van der Waals surface area contributed by atoms with Gasteiger partial charge in [-0.05, 0) is 50.0 Å². The van der Waals surface area contributed by atoms with Crippen molar-refractivity contribution in [3.05, 3.63) is 46.6 Å². The van der Waals surface area contributed by atoms with Crippen LogP contribution in [0.1, 0.15) is 56.0 Å². The van der Waals surface area contributed by atoms with Gasteiger partial charge < -0.3 is 19.4 Å². The van der Waals surface area contributed by atoms with Gasteiger partial charge in [0.25, 0.3) is 0 Å². The fourth-order valence-corrected chi connectivity index (χ4v) is 4.80. The summed E-state index contributed by atoms with van der Waals surface area (Å²) in [5.74, 6) is 0.235. The minimum Gasteiger partial charge on any atom is -0.450 e. The predicted octanol–water partition coefficient (Wildman–Crippen LogP) is 3.87. The molecule has 10 nitrogen and oxygen atoms in total. The number of benzene rings is 1. The Morgan fingerprint density at radius 2 is 2.11 bits per heavy atom. The summed E-state index contributed by atoms with van der Waals surface area (Å²) in [5, 5.41) is 20.8. The molecule has 0 bridgehead atoms. The number of nitrogens with zero attached hydrogens (tertiary/aromatic N) is 5. The van der Waals surface area contributed by atoms with Crippen molar-refractivity contribution in [1.82, 2.24) is 25.4 Å². The summed E-state index contributed by atoms with van der Waals surface area (Å²) in [6, 6.07) is 8.26. The summed E-state index contributed by atoms with van der Waals surface area (Å²) in [4.78, 5) is 30.5. The van der Waals surface area contributed by atoms with Crippen molar-refractivity contribution in [3.8, 4) is 6.07 Å². The van der Waals surface area contributed by atoms with Crippen LogP contribution in [0.3, 0.4) is 0 Å². The third kappa shape index (κ3) is 5.88. The molecule has 0 saturated carbocycles. The number of thiazole rings is 1. The van der Waals surface area contributed by atoms with E-state index >= 15 is 0 Å². The van der Waals surface area contributed by atoms with Crippen LogP contribution in [0, 0.1) is 11.3 Å². The van der Waals surface area contributed by atoms with Crippen molar-refractivity contribution >= 4 is 39.1 Å². The van der Waals surface area contributed by atoms with E-state index in [1.807, 2.05) is 19.1 Å². The van der Waals surface area contributed by atoms with Crippen LogP contribution in [0.25, 0.3) is 15.8 Å². The molecule has 4 rings (SSSR count). The third-order valence-electron chi connectivity index (χ3n) is 6.03. The average Bonchev–Trinajstić information content (AvgIpc) is 3.49. The number of hydrogen-bond acceptors (Lipinski definition) is 9. The highest BCUT2D eigenvalue weighted by molar-refractivity contribution is 7.18. The number of carbonyl (C=O) groups is 2. The molecule has 11 heteroatoms. The van der Waals surface area contributed by atoms with Crippen LogP contribution in [0.5, 0.6) is 0 Å². The summed E-state index contributed by atoms with van der Waals surface area (Å²) in [6.07, 6.45) is 3.33. The van der Waals surface area contributed by atoms with Gasteiger partial charge in [-0.3, -0.25) is 4.79 Å². The van der Waals surface area contributed by atoms with Gasteiger partial charge in [0.2, 0.25) is 17.7 Å².